The average Bonchev–Trinajstić information content (AvgIpc) is 2.73. The Morgan fingerprint density at radius 2 is 1.97 bits per heavy atom. The number of carbonyl (C=O) groups excluding carboxylic acids is 1. The number of benzene rings is 2. The average molecular weight is 419 g/mol. The highest BCUT2D eigenvalue weighted by molar-refractivity contribution is 7.99. The number of halogens is 1. The molecule has 156 valence electrons. The van der Waals surface area contributed by atoms with Gasteiger partial charge in [-0.3, -0.25) is 0 Å². The molecule has 2 amide bonds. The van der Waals surface area contributed by atoms with Gasteiger partial charge in [-0.05, 0) is 55.2 Å². The van der Waals surface area contributed by atoms with Gasteiger partial charge in [-0.15, -0.1) is 0 Å². The largest absolute Gasteiger partial charge is 0.386 e. The second kappa shape index (κ2) is 10.6. The van der Waals surface area contributed by atoms with Crippen molar-refractivity contribution in [2.45, 2.75) is 42.9 Å². The van der Waals surface area contributed by atoms with Crippen LogP contribution in [0.3, 0.4) is 0 Å². The fraction of sp³-hybridized carbons (Fsp3) is 0.409. The molecule has 0 saturated carbocycles. The van der Waals surface area contributed by atoms with Crippen LogP contribution in [-0.4, -0.2) is 35.6 Å². The van der Waals surface area contributed by atoms with Gasteiger partial charge in [-0.1, -0.05) is 24.3 Å². The first kappa shape index (κ1) is 21.6. The van der Waals surface area contributed by atoms with Gasteiger partial charge in [0.05, 0.1) is 12.1 Å². The SMILES string of the molecule is CC(NC(=O)Nc1cccc(CSC2CCOCC2)c1)C(O)c1ccc(F)cc1. The summed E-state index contributed by atoms with van der Waals surface area (Å²) in [6, 6.07) is 12.4. The molecule has 1 fully saturated rings. The lowest BCUT2D eigenvalue weighted by Gasteiger charge is -2.22. The Bertz CT molecular complexity index is 797. The predicted octanol–water partition coefficient (Wildman–Crippen LogP) is 4.48. The van der Waals surface area contributed by atoms with Crippen molar-refractivity contribution in [2.75, 3.05) is 18.5 Å². The highest BCUT2D eigenvalue weighted by Gasteiger charge is 2.19. The number of ether oxygens (including phenoxy) is 1. The van der Waals surface area contributed by atoms with Crippen LogP contribution in [0.4, 0.5) is 14.9 Å². The van der Waals surface area contributed by atoms with E-state index in [4.69, 9.17) is 4.74 Å². The van der Waals surface area contributed by atoms with E-state index in [9.17, 15) is 14.3 Å². The number of carbonyl (C=O) groups is 1. The summed E-state index contributed by atoms with van der Waals surface area (Å²) in [6.45, 7) is 3.37. The quantitative estimate of drug-likeness (QED) is 0.620. The van der Waals surface area contributed by atoms with Crippen LogP contribution in [-0.2, 0) is 10.5 Å². The van der Waals surface area contributed by atoms with E-state index in [0.717, 1.165) is 37.4 Å². The van der Waals surface area contributed by atoms with E-state index in [1.807, 2.05) is 30.0 Å². The second-order valence-corrected chi connectivity index (χ2v) is 8.50. The van der Waals surface area contributed by atoms with E-state index < -0.39 is 18.2 Å². The molecule has 0 radical (unpaired) electrons. The summed E-state index contributed by atoms with van der Waals surface area (Å²) in [5.41, 5.74) is 2.40. The molecule has 0 spiro atoms. The normalized spacial score (nSPS) is 16.8. The Morgan fingerprint density at radius 3 is 2.69 bits per heavy atom. The van der Waals surface area contributed by atoms with Crippen molar-refractivity contribution in [2.24, 2.45) is 0 Å². The van der Waals surface area contributed by atoms with E-state index in [1.54, 1.807) is 6.92 Å². The standard InChI is InChI=1S/C22H27FN2O3S/c1-15(21(26)17-5-7-18(23)8-6-17)24-22(27)25-19-4-2-3-16(13-19)14-29-20-9-11-28-12-10-20/h2-8,13,15,20-21,26H,9-12,14H2,1H3,(H2,24,25,27). The number of rotatable bonds is 7. The van der Waals surface area contributed by atoms with Crippen molar-refractivity contribution in [1.29, 1.82) is 0 Å². The first-order valence-corrected chi connectivity index (χ1v) is 10.9. The van der Waals surface area contributed by atoms with Crippen molar-refractivity contribution in [3.63, 3.8) is 0 Å². The van der Waals surface area contributed by atoms with Gasteiger partial charge < -0.3 is 20.5 Å². The fourth-order valence-corrected chi connectivity index (χ4v) is 4.33. The molecule has 1 aliphatic heterocycles. The first-order chi connectivity index (χ1) is 14.0. The zero-order chi connectivity index (χ0) is 20.6. The lowest BCUT2D eigenvalue weighted by Crippen LogP contribution is -2.39. The Kier molecular flexibility index (Phi) is 7.91. The lowest BCUT2D eigenvalue weighted by atomic mass is 10.0. The Morgan fingerprint density at radius 1 is 1.24 bits per heavy atom. The molecule has 2 aromatic rings. The molecule has 2 atom stereocenters. The summed E-state index contributed by atoms with van der Waals surface area (Å²) in [6.07, 6.45) is 1.24. The highest BCUT2D eigenvalue weighted by Crippen LogP contribution is 2.26. The van der Waals surface area contributed by atoms with Gasteiger partial charge in [-0.2, -0.15) is 11.8 Å². The van der Waals surface area contributed by atoms with E-state index in [-0.39, 0.29) is 5.82 Å². The van der Waals surface area contributed by atoms with Gasteiger partial charge >= 0.3 is 6.03 Å². The zero-order valence-corrected chi connectivity index (χ0v) is 17.3. The molecule has 2 aromatic carbocycles. The molecule has 1 saturated heterocycles. The summed E-state index contributed by atoms with van der Waals surface area (Å²) < 4.78 is 18.4. The minimum Gasteiger partial charge on any atom is -0.386 e. The minimum atomic E-state index is -0.927. The van der Waals surface area contributed by atoms with Crippen LogP contribution in [0.1, 0.15) is 37.0 Å². The van der Waals surface area contributed by atoms with E-state index in [1.165, 1.54) is 24.3 Å². The Balaban J connectivity index is 1.49. The van der Waals surface area contributed by atoms with Gasteiger partial charge in [0.15, 0.2) is 0 Å². The molecule has 29 heavy (non-hydrogen) atoms. The summed E-state index contributed by atoms with van der Waals surface area (Å²) in [7, 11) is 0. The van der Waals surface area contributed by atoms with Crippen LogP contribution in [0.25, 0.3) is 0 Å². The minimum absolute atomic E-state index is 0.367. The van der Waals surface area contributed by atoms with Crippen LogP contribution < -0.4 is 10.6 Å². The maximum Gasteiger partial charge on any atom is 0.319 e. The molecular formula is C22H27FN2O3S. The van der Waals surface area contributed by atoms with Crippen LogP contribution in [0.5, 0.6) is 0 Å². The predicted molar refractivity (Wildman–Crippen MR) is 115 cm³/mol. The van der Waals surface area contributed by atoms with Gasteiger partial charge in [0.25, 0.3) is 0 Å². The molecule has 2 unspecified atom stereocenters. The third kappa shape index (κ3) is 6.73. The van der Waals surface area contributed by atoms with Gasteiger partial charge in [0.2, 0.25) is 0 Å². The third-order valence-corrected chi connectivity index (χ3v) is 6.33. The van der Waals surface area contributed by atoms with Gasteiger partial charge in [-0.25, -0.2) is 9.18 Å². The summed E-state index contributed by atoms with van der Waals surface area (Å²) in [4.78, 5) is 12.3. The zero-order valence-electron chi connectivity index (χ0n) is 16.4. The monoisotopic (exact) mass is 418 g/mol. The maximum atomic E-state index is 13.0. The Hall–Kier alpha value is -2.09. The topological polar surface area (TPSA) is 70.6 Å². The van der Waals surface area contributed by atoms with Crippen LogP contribution in [0, 0.1) is 5.82 Å². The summed E-state index contributed by atoms with van der Waals surface area (Å²) >= 11 is 1.92. The molecular weight excluding hydrogens is 391 g/mol. The highest BCUT2D eigenvalue weighted by atomic mass is 32.2. The van der Waals surface area contributed by atoms with Crippen molar-refractivity contribution >= 4 is 23.5 Å². The Labute approximate surface area is 175 Å². The van der Waals surface area contributed by atoms with Crippen molar-refractivity contribution < 1.29 is 19.0 Å². The number of amides is 2. The molecule has 3 N–H and O–H groups in total. The number of hydrogen-bond donors (Lipinski definition) is 3. The lowest BCUT2D eigenvalue weighted by molar-refractivity contribution is 0.1000. The van der Waals surface area contributed by atoms with Crippen molar-refractivity contribution in [3.05, 3.63) is 65.5 Å². The number of aliphatic hydroxyl groups excluding tert-OH is 1. The molecule has 0 bridgehead atoms. The first-order valence-electron chi connectivity index (χ1n) is 9.80. The van der Waals surface area contributed by atoms with E-state index in [0.29, 0.717) is 16.5 Å². The van der Waals surface area contributed by atoms with Crippen LogP contribution in [0.15, 0.2) is 48.5 Å². The van der Waals surface area contributed by atoms with Gasteiger partial charge in [0, 0.05) is 29.9 Å². The molecule has 3 rings (SSSR count). The maximum absolute atomic E-state index is 13.0. The molecule has 0 aromatic heterocycles. The van der Waals surface area contributed by atoms with Crippen LogP contribution >= 0.6 is 11.8 Å². The molecule has 1 heterocycles. The molecule has 5 nitrogen and oxygen atoms in total. The molecule has 7 heteroatoms. The number of anilines is 1. The number of urea groups is 1. The smallest absolute Gasteiger partial charge is 0.319 e. The molecule has 1 aliphatic rings. The third-order valence-electron chi connectivity index (χ3n) is 4.88. The summed E-state index contributed by atoms with van der Waals surface area (Å²) in [5, 5.41) is 16.5. The number of thioether (sulfide) groups is 1. The van der Waals surface area contributed by atoms with Crippen LogP contribution in [0.2, 0.25) is 0 Å². The fourth-order valence-electron chi connectivity index (χ4n) is 3.20. The number of aliphatic hydroxyl groups is 1. The number of hydrogen-bond acceptors (Lipinski definition) is 4. The second-order valence-electron chi connectivity index (χ2n) is 7.21. The van der Waals surface area contributed by atoms with E-state index >= 15 is 0 Å². The summed E-state index contributed by atoms with van der Waals surface area (Å²) in [5.74, 6) is 0.524. The van der Waals surface area contributed by atoms with E-state index in [2.05, 4.69) is 16.7 Å². The number of nitrogens with one attached hydrogen (secondary N) is 2. The van der Waals surface area contributed by atoms with Crippen molar-refractivity contribution in [1.82, 2.24) is 5.32 Å². The molecule has 0 aliphatic carbocycles. The van der Waals surface area contributed by atoms with Crippen molar-refractivity contribution in [3.8, 4) is 0 Å². The van der Waals surface area contributed by atoms with Gasteiger partial charge in [0.1, 0.15) is 5.82 Å².